The maximum absolute atomic E-state index is 8.36. The fourth-order valence-corrected chi connectivity index (χ4v) is 1.52. The molecule has 0 aliphatic heterocycles. The second kappa shape index (κ2) is 6.33. The number of H-pyrrole nitrogens is 1. The van der Waals surface area contributed by atoms with Gasteiger partial charge in [0.15, 0.2) is 0 Å². The number of anilines is 1. The van der Waals surface area contributed by atoms with E-state index in [-0.39, 0.29) is 5.95 Å². The molecule has 2 aromatic rings. The van der Waals surface area contributed by atoms with Gasteiger partial charge in [-0.25, -0.2) is 0 Å². The van der Waals surface area contributed by atoms with Gasteiger partial charge in [-0.3, -0.25) is 5.10 Å². The van der Waals surface area contributed by atoms with E-state index in [9.17, 15) is 0 Å². The standard InChI is InChI=1S/C9H13N5O.HNO3/c1-5-7(6(2)15-14-5)3-4-8-11-9(10)13-12-8;2-1(3)4/h3-4H2,1-2H3,(H3,10,11,12,13);(H,2,3,4). The molecular formula is C9H14N6O4. The highest BCUT2D eigenvalue weighted by molar-refractivity contribution is 5.22. The van der Waals surface area contributed by atoms with E-state index in [1.54, 1.807) is 0 Å². The van der Waals surface area contributed by atoms with Gasteiger partial charge >= 0.3 is 0 Å². The SMILES string of the molecule is Cc1noc(C)c1CCc1nc(N)n[nH]1.O=[N+]([O-])O. The third kappa shape index (κ3) is 4.61. The van der Waals surface area contributed by atoms with Crippen LogP contribution in [0.3, 0.4) is 0 Å². The minimum Gasteiger partial charge on any atom is -0.367 e. The smallest absolute Gasteiger partial charge is 0.291 e. The van der Waals surface area contributed by atoms with Crippen LogP contribution >= 0.6 is 0 Å². The van der Waals surface area contributed by atoms with Crippen molar-refractivity contribution in [2.45, 2.75) is 26.7 Å². The Balaban J connectivity index is 0.000000399. The van der Waals surface area contributed by atoms with Crippen LogP contribution in [0.1, 0.15) is 22.8 Å². The second-order valence-corrected chi connectivity index (χ2v) is 3.68. The lowest BCUT2D eigenvalue weighted by molar-refractivity contribution is -0.742. The molecule has 0 aliphatic carbocycles. The molecule has 0 aromatic carbocycles. The Morgan fingerprint density at radius 3 is 2.53 bits per heavy atom. The number of aryl methyl sites for hydroxylation is 3. The van der Waals surface area contributed by atoms with Crippen molar-refractivity contribution in [3.8, 4) is 0 Å². The van der Waals surface area contributed by atoms with E-state index in [2.05, 4.69) is 20.3 Å². The van der Waals surface area contributed by atoms with Crippen molar-refractivity contribution in [3.63, 3.8) is 0 Å². The Labute approximate surface area is 107 Å². The Morgan fingerprint density at radius 1 is 1.47 bits per heavy atom. The van der Waals surface area contributed by atoms with Crippen molar-refractivity contribution in [1.29, 1.82) is 0 Å². The summed E-state index contributed by atoms with van der Waals surface area (Å²) in [6, 6.07) is 0. The molecule has 2 rings (SSSR count). The highest BCUT2D eigenvalue weighted by Crippen LogP contribution is 2.14. The molecule has 2 aromatic heterocycles. The summed E-state index contributed by atoms with van der Waals surface area (Å²) in [6.07, 6.45) is 1.59. The number of aromatic nitrogens is 4. The average Bonchev–Trinajstić information content (AvgIpc) is 2.84. The molecular weight excluding hydrogens is 256 g/mol. The number of rotatable bonds is 3. The fraction of sp³-hybridized carbons (Fsp3) is 0.444. The van der Waals surface area contributed by atoms with Gasteiger partial charge in [-0.1, -0.05) is 5.16 Å². The summed E-state index contributed by atoms with van der Waals surface area (Å²) in [5.74, 6) is 1.93. The van der Waals surface area contributed by atoms with Crippen LogP contribution in [0.4, 0.5) is 5.95 Å². The Bertz CT molecular complexity index is 525. The predicted molar refractivity (Wildman–Crippen MR) is 63.0 cm³/mol. The van der Waals surface area contributed by atoms with Gasteiger partial charge in [-0.15, -0.1) is 15.2 Å². The first-order valence-electron chi connectivity index (χ1n) is 5.32. The molecule has 0 saturated heterocycles. The van der Waals surface area contributed by atoms with Crippen molar-refractivity contribution in [1.82, 2.24) is 20.3 Å². The monoisotopic (exact) mass is 270 g/mol. The molecule has 0 saturated carbocycles. The Kier molecular flexibility index (Phi) is 4.80. The van der Waals surface area contributed by atoms with Gasteiger partial charge in [-0.2, -0.15) is 4.98 Å². The Morgan fingerprint density at radius 2 is 2.11 bits per heavy atom. The third-order valence-corrected chi connectivity index (χ3v) is 2.34. The van der Waals surface area contributed by atoms with Crippen LogP contribution in [0.25, 0.3) is 0 Å². The highest BCUT2D eigenvalue weighted by Gasteiger charge is 2.09. The lowest BCUT2D eigenvalue weighted by atomic mass is 10.1. The molecule has 0 unspecified atom stereocenters. The second-order valence-electron chi connectivity index (χ2n) is 3.68. The van der Waals surface area contributed by atoms with E-state index in [1.165, 1.54) is 0 Å². The van der Waals surface area contributed by atoms with Crippen molar-refractivity contribution < 1.29 is 14.8 Å². The van der Waals surface area contributed by atoms with E-state index >= 15 is 0 Å². The van der Waals surface area contributed by atoms with Crippen LogP contribution in [0.15, 0.2) is 4.52 Å². The largest absolute Gasteiger partial charge is 0.367 e. The van der Waals surface area contributed by atoms with Crippen LogP contribution in [-0.2, 0) is 12.8 Å². The molecule has 0 aliphatic rings. The molecule has 0 radical (unpaired) electrons. The molecule has 0 atom stereocenters. The van der Waals surface area contributed by atoms with Gasteiger partial charge in [0.2, 0.25) is 5.95 Å². The van der Waals surface area contributed by atoms with Crippen LogP contribution in [-0.4, -0.2) is 30.6 Å². The van der Waals surface area contributed by atoms with Crippen LogP contribution < -0.4 is 5.73 Å². The number of aromatic amines is 1. The first-order chi connectivity index (χ1) is 8.90. The molecule has 0 bridgehead atoms. The number of nitrogens with two attached hydrogens (primary N) is 1. The lowest BCUT2D eigenvalue weighted by Gasteiger charge is -1.96. The van der Waals surface area contributed by atoms with Crippen LogP contribution in [0.5, 0.6) is 0 Å². The van der Waals surface area contributed by atoms with Crippen LogP contribution in [0.2, 0.25) is 0 Å². The molecule has 19 heavy (non-hydrogen) atoms. The van der Waals surface area contributed by atoms with Gasteiger partial charge in [0, 0.05) is 12.0 Å². The zero-order valence-electron chi connectivity index (χ0n) is 10.5. The van der Waals surface area contributed by atoms with Gasteiger partial charge < -0.3 is 15.5 Å². The van der Waals surface area contributed by atoms with Gasteiger partial charge in [-0.05, 0) is 20.3 Å². The maximum atomic E-state index is 8.36. The third-order valence-electron chi connectivity index (χ3n) is 2.34. The average molecular weight is 270 g/mol. The molecule has 0 fully saturated rings. The molecule has 10 heteroatoms. The van der Waals surface area contributed by atoms with Gasteiger partial charge in [0.25, 0.3) is 5.09 Å². The minimum absolute atomic E-state index is 0.281. The first kappa shape index (κ1) is 14.4. The maximum Gasteiger partial charge on any atom is 0.291 e. The van der Waals surface area contributed by atoms with E-state index in [0.29, 0.717) is 0 Å². The Hall–Kier alpha value is -2.65. The topological polar surface area (TPSA) is 157 Å². The predicted octanol–water partition coefficient (Wildman–Crippen LogP) is 0.429. The van der Waals surface area contributed by atoms with E-state index in [1.807, 2.05) is 13.8 Å². The van der Waals surface area contributed by atoms with Crippen molar-refractivity contribution in [2.75, 3.05) is 5.73 Å². The summed E-state index contributed by atoms with van der Waals surface area (Å²) in [5.41, 5.74) is 7.46. The van der Waals surface area contributed by atoms with Gasteiger partial charge in [0.1, 0.15) is 11.6 Å². The number of nitrogen functional groups attached to an aromatic ring is 1. The van der Waals surface area contributed by atoms with Crippen molar-refractivity contribution in [2.24, 2.45) is 0 Å². The fourth-order valence-electron chi connectivity index (χ4n) is 1.52. The van der Waals surface area contributed by atoms with Crippen molar-refractivity contribution in [3.05, 3.63) is 33.0 Å². The summed E-state index contributed by atoms with van der Waals surface area (Å²) in [5, 5.41) is 24.1. The van der Waals surface area contributed by atoms with E-state index in [0.717, 1.165) is 35.7 Å². The summed E-state index contributed by atoms with van der Waals surface area (Å²) < 4.78 is 5.07. The number of hydrogen-bond acceptors (Lipinski definition) is 7. The van der Waals surface area contributed by atoms with Gasteiger partial charge in [0.05, 0.1) is 5.69 Å². The molecule has 0 amide bonds. The number of nitrogens with zero attached hydrogens (tertiary/aromatic N) is 4. The number of nitrogens with one attached hydrogen (secondary N) is 1. The molecule has 0 spiro atoms. The summed E-state index contributed by atoms with van der Waals surface area (Å²) in [6.45, 7) is 3.84. The summed E-state index contributed by atoms with van der Waals surface area (Å²) >= 11 is 0. The zero-order valence-corrected chi connectivity index (χ0v) is 10.5. The van der Waals surface area contributed by atoms with E-state index in [4.69, 9.17) is 25.6 Å². The normalized spacial score (nSPS) is 9.79. The zero-order chi connectivity index (χ0) is 14.4. The highest BCUT2D eigenvalue weighted by atomic mass is 16.9. The minimum atomic E-state index is -1.50. The quantitative estimate of drug-likeness (QED) is 0.535. The summed E-state index contributed by atoms with van der Waals surface area (Å²) in [7, 11) is 0. The first-order valence-corrected chi connectivity index (χ1v) is 5.32. The van der Waals surface area contributed by atoms with Crippen LogP contribution in [0, 0.1) is 24.0 Å². The molecule has 4 N–H and O–H groups in total. The van der Waals surface area contributed by atoms with Crippen molar-refractivity contribution >= 4 is 5.95 Å². The van der Waals surface area contributed by atoms with E-state index < -0.39 is 5.09 Å². The molecule has 10 nitrogen and oxygen atoms in total. The molecule has 104 valence electrons. The summed E-state index contributed by atoms with van der Waals surface area (Å²) in [4.78, 5) is 12.4. The number of hydrogen-bond donors (Lipinski definition) is 3. The molecule has 2 heterocycles. The lowest BCUT2D eigenvalue weighted by Crippen LogP contribution is -1.96.